The number of fused-ring (bicyclic) bond motifs is 1. The van der Waals surface area contributed by atoms with Crippen LogP contribution in [0.15, 0.2) is 32.3 Å². The minimum Gasteiger partial charge on any atom is -0.504 e. The van der Waals surface area contributed by atoms with Crippen LogP contribution in [0.2, 0.25) is 0 Å². The van der Waals surface area contributed by atoms with Gasteiger partial charge in [-0.3, -0.25) is 14.4 Å². The molecule has 1 aliphatic carbocycles. The van der Waals surface area contributed by atoms with E-state index in [0.717, 1.165) is 29.9 Å². The summed E-state index contributed by atoms with van der Waals surface area (Å²) in [4.78, 5) is 43.1. The molecular formula is C25H30N4O5. The average molecular weight is 467 g/mol. The number of hydrogen-bond donors (Lipinski definition) is 3. The Bertz CT molecular complexity index is 1330. The van der Waals surface area contributed by atoms with Gasteiger partial charge in [0.25, 0.3) is 16.8 Å². The predicted octanol–water partition coefficient (Wildman–Crippen LogP) is 3.63. The van der Waals surface area contributed by atoms with Crippen molar-refractivity contribution in [1.82, 2.24) is 9.88 Å². The van der Waals surface area contributed by atoms with Crippen LogP contribution in [0, 0.1) is 12.3 Å². The van der Waals surface area contributed by atoms with E-state index in [1.807, 2.05) is 26.8 Å². The molecule has 1 atom stereocenters. The molecule has 3 aromatic rings. The Hall–Kier alpha value is -3.62. The largest absolute Gasteiger partial charge is 0.504 e. The fourth-order valence-electron chi connectivity index (χ4n) is 4.34. The highest BCUT2D eigenvalue weighted by Crippen LogP contribution is 2.46. The van der Waals surface area contributed by atoms with Crippen LogP contribution in [0.4, 0.5) is 17.1 Å². The number of rotatable bonds is 6. The maximum atomic E-state index is 12.7. The van der Waals surface area contributed by atoms with E-state index in [4.69, 9.17) is 4.42 Å². The molecule has 0 saturated carbocycles. The summed E-state index contributed by atoms with van der Waals surface area (Å²) in [6, 6.07) is 3.08. The number of nitrogens with one attached hydrogen (secondary N) is 2. The van der Waals surface area contributed by atoms with Crippen LogP contribution in [0.3, 0.4) is 0 Å². The van der Waals surface area contributed by atoms with Crippen molar-refractivity contribution in [3.05, 3.63) is 61.6 Å². The molecule has 0 radical (unpaired) electrons. The standard InChI is InChI=1S/C25H30N4O5/c1-12(2)29(6)24(33)19-20(30)15(8-10-26-19)27-17-18(22(32)21(17)31)28-23-14-11-13(3)34-16(14)7-9-25(23,4)5/h8,10-12,23,28,30H,7,9H2,1-6H3,(H,26,27)/t23-/m0/s1. The molecule has 4 rings (SSSR count). The van der Waals surface area contributed by atoms with E-state index in [-0.39, 0.29) is 46.0 Å². The third kappa shape index (κ3) is 3.85. The van der Waals surface area contributed by atoms with E-state index < -0.39 is 16.8 Å². The van der Waals surface area contributed by atoms with E-state index in [1.54, 1.807) is 7.05 Å². The Morgan fingerprint density at radius 3 is 2.62 bits per heavy atom. The molecule has 0 aliphatic heterocycles. The predicted molar refractivity (Wildman–Crippen MR) is 130 cm³/mol. The second-order valence-corrected chi connectivity index (χ2v) is 9.90. The highest BCUT2D eigenvalue weighted by molar-refractivity contribution is 5.97. The van der Waals surface area contributed by atoms with E-state index >= 15 is 0 Å². The first kappa shape index (κ1) is 23.5. The number of aromatic nitrogens is 1. The molecular weight excluding hydrogens is 436 g/mol. The van der Waals surface area contributed by atoms with Crippen LogP contribution in [0.5, 0.6) is 5.75 Å². The Balaban J connectivity index is 1.66. The summed E-state index contributed by atoms with van der Waals surface area (Å²) >= 11 is 0. The third-order valence-electron chi connectivity index (χ3n) is 6.73. The van der Waals surface area contributed by atoms with Gasteiger partial charge in [0.1, 0.15) is 22.9 Å². The second-order valence-electron chi connectivity index (χ2n) is 9.90. The monoisotopic (exact) mass is 466 g/mol. The van der Waals surface area contributed by atoms with Gasteiger partial charge in [0.2, 0.25) is 0 Å². The second kappa shape index (κ2) is 8.30. The molecule has 0 spiro atoms. The van der Waals surface area contributed by atoms with Crippen molar-refractivity contribution >= 4 is 23.0 Å². The molecule has 3 N–H and O–H groups in total. The topological polar surface area (TPSA) is 125 Å². The third-order valence-corrected chi connectivity index (χ3v) is 6.73. The number of carbonyl (C=O) groups is 1. The first-order valence-corrected chi connectivity index (χ1v) is 11.3. The van der Waals surface area contributed by atoms with Crippen molar-refractivity contribution in [1.29, 1.82) is 0 Å². The van der Waals surface area contributed by atoms with E-state index in [9.17, 15) is 19.5 Å². The number of aromatic hydroxyl groups is 1. The minimum atomic E-state index is -0.692. The fraction of sp³-hybridized carbons (Fsp3) is 0.440. The van der Waals surface area contributed by atoms with Gasteiger partial charge in [-0.25, -0.2) is 4.98 Å². The minimum absolute atomic E-state index is 0.0465. The molecule has 0 unspecified atom stereocenters. The molecule has 1 aromatic carbocycles. The van der Waals surface area contributed by atoms with E-state index in [0.29, 0.717) is 0 Å². The van der Waals surface area contributed by atoms with Crippen molar-refractivity contribution in [3.63, 3.8) is 0 Å². The number of carbonyl (C=O) groups excluding carboxylic acids is 1. The van der Waals surface area contributed by atoms with Gasteiger partial charge in [-0.2, -0.15) is 0 Å². The van der Waals surface area contributed by atoms with Gasteiger partial charge in [-0.1, -0.05) is 13.8 Å². The molecule has 0 saturated heterocycles. The van der Waals surface area contributed by atoms with Gasteiger partial charge in [0.15, 0.2) is 11.4 Å². The van der Waals surface area contributed by atoms with E-state index in [1.165, 1.54) is 17.2 Å². The summed E-state index contributed by atoms with van der Waals surface area (Å²) in [6.07, 6.45) is 3.02. The molecule has 180 valence electrons. The summed E-state index contributed by atoms with van der Waals surface area (Å²) in [5.41, 5.74) is -0.361. The van der Waals surface area contributed by atoms with Crippen LogP contribution < -0.4 is 21.5 Å². The maximum absolute atomic E-state index is 12.7. The number of anilines is 3. The lowest BCUT2D eigenvalue weighted by Crippen LogP contribution is -2.41. The fourth-order valence-corrected chi connectivity index (χ4v) is 4.34. The normalized spacial score (nSPS) is 17.0. The van der Waals surface area contributed by atoms with Gasteiger partial charge in [-0.15, -0.1) is 0 Å². The molecule has 2 aromatic heterocycles. The summed E-state index contributed by atoms with van der Waals surface area (Å²) in [6.45, 7) is 9.78. The lowest BCUT2D eigenvalue weighted by molar-refractivity contribution is 0.0746. The lowest BCUT2D eigenvalue weighted by atomic mass is 9.72. The molecule has 9 heteroatoms. The van der Waals surface area contributed by atoms with Gasteiger partial charge in [0, 0.05) is 31.3 Å². The Morgan fingerprint density at radius 2 is 1.94 bits per heavy atom. The first-order chi connectivity index (χ1) is 15.9. The maximum Gasteiger partial charge on any atom is 0.276 e. The zero-order valence-electron chi connectivity index (χ0n) is 20.3. The molecule has 9 nitrogen and oxygen atoms in total. The molecule has 34 heavy (non-hydrogen) atoms. The molecule has 1 amide bonds. The van der Waals surface area contributed by atoms with Gasteiger partial charge in [-0.05, 0) is 44.7 Å². The summed E-state index contributed by atoms with van der Waals surface area (Å²) in [7, 11) is 1.62. The Morgan fingerprint density at radius 1 is 1.26 bits per heavy atom. The number of furan rings is 1. The highest BCUT2D eigenvalue weighted by Gasteiger charge is 2.40. The van der Waals surface area contributed by atoms with Crippen LogP contribution in [0.1, 0.15) is 67.7 Å². The first-order valence-electron chi connectivity index (χ1n) is 11.3. The van der Waals surface area contributed by atoms with E-state index in [2.05, 4.69) is 29.5 Å². The van der Waals surface area contributed by atoms with Crippen molar-refractivity contribution in [2.24, 2.45) is 5.41 Å². The number of pyridine rings is 1. The SMILES string of the molecule is Cc1cc2c(o1)CCC(C)(C)[C@H]2Nc1c(Nc2ccnc(C(=O)N(C)C(C)C)c2O)c(=O)c1=O. The lowest BCUT2D eigenvalue weighted by Gasteiger charge is -2.39. The zero-order chi connectivity index (χ0) is 24.9. The van der Waals surface area contributed by atoms with Crippen LogP contribution in [0.25, 0.3) is 0 Å². The smallest absolute Gasteiger partial charge is 0.276 e. The molecule has 1 aliphatic rings. The van der Waals surface area contributed by atoms with Gasteiger partial charge in [0.05, 0.1) is 11.7 Å². The van der Waals surface area contributed by atoms with Gasteiger partial charge >= 0.3 is 0 Å². The van der Waals surface area contributed by atoms with Crippen LogP contribution in [-0.2, 0) is 6.42 Å². The highest BCUT2D eigenvalue weighted by atomic mass is 16.3. The van der Waals surface area contributed by atoms with Crippen LogP contribution >= 0.6 is 0 Å². The zero-order valence-corrected chi connectivity index (χ0v) is 20.3. The summed E-state index contributed by atoms with van der Waals surface area (Å²) in [5, 5.41) is 16.8. The number of amides is 1. The van der Waals surface area contributed by atoms with Crippen molar-refractivity contribution in [2.75, 3.05) is 17.7 Å². The molecule has 0 fully saturated rings. The van der Waals surface area contributed by atoms with Crippen molar-refractivity contribution < 1.29 is 14.3 Å². The number of hydrogen-bond acceptors (Lipinski definition) is 8. The average Bonchev–Trinajstić information content (AvgIpc) is 3.17. The number of nitrogens with zero attached hydrogens (tertiary/aromatic N) is 2. The molecule has 0 bridgehead atoms. The Labute approximate surface area is 197 Å². The Kier molecular flexibility index (Phi) is 5.75. The van der Waals surface area contributed by atoms with Crippen molar-refractivity contribution in [3.8, 4) is 5.75 Å². The van der Waals surface area contributed by atoms with Crippen molar-refractivity contribution in [2.45, 2.75) is 59.5 Å². The summed E-state index contributed by atoms with van der Waals surface area (Å²) in [5.74, 6) is 0.839. The van der Waals surface area contributed by atoms with Crippen LogP contribution in [-0.4, -0.2) is 34.0 Å². The number of aryl methyl sites for hydroxylation is 2. The quantitative estimate of drug-likeness (QED) is 0.470. The molecule has 2 heterocycles. The summed E-state index contributed by atoms with van der Waals surface area (Å²) < 4.78 is 5.82. The van der Waals surface area contributed by atoms with Gasteiger partial charge < -0.3 is 25.1 Å².